The number of carbonyl (C=O) groups is 1. The number of anilines is 1. The van der Waals surface area contributed by atoms with Crippen molar-refractivity contribution in [1.29, 1.82) is 0 Å². The number of halogens is 3. The highest BCUT2D eigenvalue weighted by atomic mass is 19.4. The maximum Gasteiger partial charge on any atom is 0.416 e. The first-order chi connectivity index (χ1) is 10.8. The Kier molecular flexibility index (Phi) is 4.89. The fourth-order valence-electron chi connectivity index (χ4n) is 2.08. The topological polar surface area (TPSA) is 29.1 Å². The van der Waals surface area contributed by atoms with Gasteiger partial charge in [-0.2, -0.15) is 13.2 Å². The first-order valence-corrected chi connectivity index (χ1v) is 6.99. The van der Waals surface area contributed by atoms with Crippen LogP contribution < -0.4 is 5.32 Å². The zero-order valence-electron chi connectivity index (χ0n) is 12.7. The highest BCUT2D eigenvalue weighted by Crippen LogP contribution is 2.29. The maximum atomic E-state index is 12.5. The Morgan fingerprint density at radius 1 is 1.04 bits per heavy atom. The molecule has 0 bridgehead atoms. The van der Waals surface area contributed by atoms with Crippen LogP contribution in [0.3, 0.4) is 0 Å². The molecule has 2 rings (SSSR count). The van der Waals surface area contributed by atoms with E-state index in [1.165, 1.54) is 24.3 Å². The quantitative estimate of drug-likeness (QED) is 0.795. The van der Waals surface area contributed by atoms with Crippen molar-refractivity contribution in [2.45, 2.75) is 20.0 Å². The molecule has 2 nitrogen and oxygen atoms in total. The second-order valence-corrected chi connectivity index (χ2v) is 5.26. The maximum absolute atomic E-state index is 12.5. The lowest BCUT2D eigenvalue weighted by atomic mass is 10.1. The van der Waals surface area contributed by atoms with E-state index in [1.807, 2.05) is 32.0 Å². The first kappa shape index (κ1) is 16.8. The van der Waals surface area contributed by atoms with Gasteiger partial charge < -0.3 is 5.32 Å². The van der Waals surface area contributed by atoms with Gasteiger partial charge in [0.25, 0.3) is 0 Å². The van der Waals surface area contributed by atoms with E-state index >= 15 is 0 Å². The van der Waals surface area contributed by atoms with Gasteiger partial charge in [0.15, 0.2) is 0 Å². The Hall–Kier alpha value is -2.56. The molecule has 23 heavy (non-hydrogen) atoms. The summed E-state index contributed by atoms with van der Waals surface area (Å²) in [6.45, 7) is 3.85. The van der Waals surface area contributed by atoms with Crippen molar-refractivity contribution in [2.24, 2.45) is 0 Å². The molecule has 2 aromatic carbocycles. The van der Waals surface area contributed by atoms with E-state index in [2.05, 4.69) is 5.32 Å². The lowest BCUT2D eigenvalue weighted by molar-refractivity contribution is -0.137. The molecule has 0 radical (unpaired) electrons. The van der Waals surface area contributed by atoms with E-state index in [0.717, 1.165) is 23.3 Å². The van der Waals surface area contributed by atoms with E-state index in [-0.39, 0.29) is 5.91 Å². The Morgan fingerprint density at radius 3 is 2.26 bits per heavy atom. The Morgan fingerprint density at radius 2 is 1.70 bits per heavy atom. The van der Waals surface area contributed by atoms with Gasteiger partial charge >= 0.3 is 6.18 Å². The fourth-order valence-corrected chi connectivity index (χ4v) is 2.08. The number of hydrogen-bond acceptors (Lipinski definition) is 1. The minimum absolute atomic E-state index is 0.336. The monoisotopic (exact) mass is 319 g/mol. The molecular formula is C18H16F3NO. The SMILES string of the molecule is Cc1ccc(NC(=O)/C=C/c2ccc(C(F)(F)F)cc2)c(C)c1. The molecule has 0 fully saturated rings. The molecule has 0 saturated carbocycles. The summed E-state index contributed by atoms with van der Waals surface area (Å²) in [5.41, 5.74) is 2.56. The van der Waals surface area contributed by atoms with Crippen LogP contribution in [-0.4, -0.2) is 5.91 Å². The smallest absolute Gasteiger partial charge is 0.322 e. The van der Waals surface area contributed by atoms with Gasteiger partial charge in [-0.1, -0.05) is 29.8 Å². The standard InChI is InChI=1S/C18H16F3NO/c1-12-3-9-16(13(2)11-12)22-17(23)10-6-14-4-7-15(8-5-14)18(19,20)21/h3-11H,1-2H3,(H,22,23)/b10-6+. The third-order valence-electron chi connectivity index (χ3n) is 3.30. The number of hydrogen-bond donors (Lipinski definition) is 1. The van der Waals surface area contributed by atoms with Crippen LogP contribution in [0.2, 0.25) is 0 Å². The summed E-state index contributed by atoms with van der Waals surface area (Å²) in [7, 11) is 0. The molecule has 0 aliphatic carbocycles. The molecular weight excluding hydrogens is 303 g/mol. The minimum Gasteiger partial charge on any atom is -0.322 e. The second-order valence-electron chi connectivity index (χ2n) is 5.26. The molecule has 0 heterocycles. The molecule has 2 aromatic rings. The van der Waals surface area contributed by atoms with Gasteiger partial charge in [-0.3, -0.25) is 4.79 Å². The average Bonchev–Trinajstić information content (AvgIpc) is 2.47. The number of amides is 1. The largest absolute Gasteiger partial charge is 0.416 e. The molecule has 0 saturated heterocycles. The number of rotatable bonds is 3. The lowest BCUT2D eigenvalue weighted by Gasteiger charge is -2.07. The Bertz CT molecular complexity index is 731. The van der Waals surface area contributed by atoms with Crippen LogP contribution in [-0.2, 0) is 11.0 Å². The van der Waals surface area contributed by atoms with E-state index in [0.29, 0.717) is 11.3 Å². The number of nitrogens with one attached hydrogen (secondary N) is 1. The van der Waals surface area contributed by atoms with Crippen molar-refractivity contribution in [3.63, 3.8) is 0 Å². The van der Waals surface area contributed by atoms with Crippen molar-refractivity contribution in [3.8, 4) is 0 Å². The van der Waals surface area contributed by atoms with Crippen LogP contribution in [0.4, 0.5) is 18.9 Å². The molecule has 0 atom stereocenters. The highest BCUT2D eigenvalue weighted by Gasteiger charge is 2.29. The van der Waals surface area contributed by atoms with Crippen molar-refractivity contribution >= 4 is 17.7 Å². The number of aryl methyl sites for hydroxylation is 2. The van der Waals surface area contributed by atoms with Crippen LogP contribution in [0.5, 0.6) is 0 Å². The molecule has 0 aromatic heterocycles. The van der Waals surface area contributed by atoms with Crippen LogP contribution in [0.25, 0.3) is 6.08 Å². The summed E-state index contributed by atoms with van der Waals surface area (Å²) >= 11 is 0. The normalized spacial score (nSPS) is 11.7. The van der Waals surface area contributed by atoms with Gasteiger partial charge in [0.2, 0.25) is 5.91 Å². The van der Waals surface area contributed by atoms with Crippen LogP contribution in [0.15, 0.2) is 48.5 Å². The molecule has 120 valence electrons. The van der Waals surface area contributed by atoms with Crippen LogP contribution in [0.1, 0.15) is 22.3 Å². The summed E-state index contributed by atoms with van der Waals surface area (Å²) < 4.78 is 37.4. The van der Waals surface area contributed by atoms with E-state index in [9.17, 15) is 18.0 Å². The summed E-state index contributed by atoms with van der Waals surface area (Å²) in [5, 5.41) is 2.74. The van der Waals surface area contributed by atoms with Crippen molar-refractivity contribution in [2.75, 3.05) is 5.32 Å². The molecule has 1 amide bonds. The van der Waals surface area contributed by atoms with Crippen LogP contribution in [0, 0.1) is 13.8 Å². The van der Waals surface area contributed by atoms with Gasteiger partial charge in [-0.25, -0.2) is 0 Å². The van der Waals surface area contributed by atoms with E-state index < -0.39 is 11.7 Å². The molecule has 5 heteroatoms. The minimum atomic E-state index is -4.36. The summed E-state index contributed by atoms with van der Waals surface area (Å²) in [6.07, 6.45) is -1.59. The van der Waals surface area contributed by atoms with E-state index in [4.69, 9.17) is 0 Å². The van der Waals surface area contributed by atoms with Gasteiger partial charge in [0, 0.05) is 11.8 Å². The predicted molar refractivity (Wildman–Crippen MR) is 85.0 cm³/mol. The zero-order chi connectivity index (χ0) is 17.0. The van der Waals surface area contributed by atoms with E-state index in [1.54, 1.807) is 0 Å². The average molecular weight is 319 g/mol. The summed E-state index contributed by atoms with van der Waals surface area (Å²) in [5.74, 6) is -0.336. The molecule has 0 unspecified atom stereocenters. The summed E-state index contributed by atoms with van der Waals surface area (Å²) in [6, 6.07) is 10.3. The van der Waals surface area contributed by atoms with Crippen molar-refractivity contribution < 1.29 is 18.0 Å². The zero-order valence-corrected chi connectivity index (χ0v) is 12.7. The van der Waals surface area contributed by atoms with Crippen molar-refractivity contribution in [1.82, 2.24) is 0 Å². The lowest BCUT2D eigenvalue weighted by Crippen LogP contribution is -2.09. The van der Waals surface area contributed by atoms with Crippen molar-refractivity contribution in [3.05, 3.63) is 70.8 Å². The third kappa shape index (κ3) is 4.71. The van der Waals surface area contributed by atoms with Gasteiger partial charge in [-0.15, -0.1) is 0 Å². The second kappa shape index (κ2) is 6.69. The van der Waals surface area contributed by atoms with Gasteiger partial charge in [0.1, 0.15) is 0 Å². The fraction of sp³-hybridized carbons (Fsp3) is 0.167. The number of alkyl halides is 3. The third-order valence-corrected chi connectivity index (χ3v) is 3.30. The number of benzene rings is 2. The molecule has 0 aliphatic heterocycles. The predicted octanol–water partition coefficient (Wildman–Crippen LogP) is 4.97. The Labute approximate surface area is 132 Å². The first-order valence-electron chi connectivity index (χ1n) is 6.99. The highest BCUT2D eigenvalue weighted by molar-refractivity contribution is 6.02. The molecule has 0 aliphatic rings. The Balaban J connectivity index is 2.03. The summed E-state index contributed by atoms with van der Waals surface area (Å²) in [4.78, 5) is 11.9. The van der Waals surface area contributed by atoms with Crippen LogP contribution >= 0.6 is 0 Å². The number of carbonyl (C=O) groups excluding carboxylic acids is 1. The molecule has 0 spiro atoms. The van der Waals surface area contributed by atoms with Gasteiger partial charge in [0.05, 0.1) is 5.56 Å². The molecule has 1 N–H and O–H groups in total. The van der Waals surface area contributed by atoms with Gasteiger partial charge in [-0.05, 0) is 49.2 Å².